The van der Waals surface area contributed by atoms with Gasteiger partial charge in [0.2, 0.25) is 0 Å². The lowest BCUT2D eigenvalue weighted by Crippen LogP contribution is -2.63. The van der Waals surface area contributed by atoms with E-state index in [0.717, 1.165) is 25.7 Å². The average Bonchev–Trinajstić information content (AvgIpc) is 2.50. The van der Waals surface area contributed by atoms with Gasteiger partial charge in [-0.1, -0.05) is 51.9 Å². The molecular formula is C21H42N2O2. The lowest BCUT2D eigenvalue weighted by molar-refractivity contribution is -0.0427. The fourth-order valence-electron chi connectivity index (χ4n) is 4.39. The number of carbonyl (C=O) groups is 1. The van der Waals surface area contributed by atoms with Crippen molar-refractivity contribution in [3.05, 3.63) is 0 Å². The number of carboxylic acid groups (broad SMARTS) is 1. The van der Waals surface area contributed by atoms with Crippen LogP contribution >= 0.6 is 0 Å². The molecule has 0 unspecified atom stereocenters. The van der Waals surface area contributed by atoms with Crippen LogP contribution in [-0.2, 0) is 0 Å². The summed E-state index contributed by atoms with van der Waals surface area (Å²) in [6.07, 6.45) is 11.1. The van der Waals surface area contributed by atoms with Gasteiger partial charge in [0, 0.05) is 23.7 Å². The molecule has 1 amide bonds. The third-order valence-electron chi connectivity index (χ3n) is 6.23. The highest BCUT2D eigenvalue weighted by Gasteiger charge is 2.45. The molecule has 1 aliphatic rings. The number of hydrogen-bond donors (Lipinski definition) is 1. The van der Waals surface area contributed by atoms with E-state index in [0.29, 0.717) is 6.54 Å². The van der Waals surface area contributed by atoms with E-state index in [-0.39, 0.29) is 17.1 Å². The fourth-order valence-corrected chi connectivity index (χ4v) is 4.39. The van der Waals surface area contributed by atoms with E-state index >= 15 is 0 Å². The zero-order valence-corrected chi connectivity index (χ0v) is 17.6. The summed E-state index contributed by atoms with van der Waals surface area (Å²) in [7, 11) is 2.17. The molecule has 0 aromatic heterocycles. The van der Waals surface area contributed by atoms with E-state index in [1.165, 1.54) is 38.5 Å². The Morgan fingerprint density at radius 3 is 1.84 bits per heavy atom. The molecule has 1 aliphatic heterocycles. The highest BCUT2D eigenvalue weighted by molar-refractivity contribution is 5.65. The lowest BCUT2D eigenvalue weighted by atomic mass is 9.77. The first-order valence-electron chi connectivity index (χ1n) is 10.4. The second-order valence-electron chi connectivity index (χ2n) is 9.20. The Balaban J connectivity index is 2.47. The van der Waals surface area contributed by atoms with Crippen molar-refractivity contribution in [2.45, 2.75) is 116 Å². The monoisotopic (exact) mass is 354 g/mol. The van der Waals surface area contributed by atoms with Crippen molar-refractivity contribution in [1.29, 1.82) is 0 Å². The number of unbranched alkanes of at least 4 members (excludes halogenated alkanes) is 7. The molecule has 0 saturated carbocycles. The summed E-state index contributed by atoms with van der Waals surface area (Å²) in [5.41, 5.74) is 0.0544. The second-order valence-corrected chi connectivity index (χ2v) is 9.20. The summed E-state index contributed by atoms with van der Waals surface area (Å²) >= 11 is 0. The maximum absolute atomic E-state index is 11.9. The molecule has 0 aromatic carbocycles. The van der Waals surface area contributed by atoms with Gasteiger partial charge in [0.25, 0.3) is 0 Å². The zero-order valence-electron chi connectivity index (χ0n) is 17.6. The van der Waals surface area contributed by atoms with Crippen LogP contribution in [0.4, 0.5) is 4.79 Å². The van der Waals surface area contributed by atoms with E-state index in [4.69, 9.17) is 0 Å². The Bertz CT molecular complexity index is 389. The first-order valence-corrected chi connectivity index (χ1v) is 10.4. The van der Waals surface area contributed by atoms with Crippen LogP contribution in [0.25, 0.3) is 0 Å². The van der Waals surface area contributed by atoms with Crippen LogP contribution in [-0.4, -0.2) is 51.7 Å². The van der Waals surface area contributed by atoms with Crippen molar-refractivity contribution in [1.82, 2.24) is 9.80 Å². The van der Waals surface area contributed by atoms with Crippen LogP contribution in [0.2, 0.25) is 0 Å². The zero-order chi connectivity index (χ0) is 19.1. The molecule has 148 valence electrons. The van der Waals surface area contributed by atoms with Crippen molar-refractivity contribution >= 4 is 6.09 Å². The van der Waals surface area contributed by atoms with Crippen LogP contribution in [0, 0.1) is 0 Å². The smallest absolute Gasteiger partial charge is 0.407 e. The van der Waals surface area contributed by atoms with Crippen molar-refractivity contribution in [2.24, 2.45) is 0 Å². The molecule has 4 nitrogen and oxygen atoms in total. The van der Waals surface area contributed by atoms with Crippen LogP contribution in [0.3, 0.4) is 0 Å². The van der Waals surface area contributed by atoms with Crippen LogP contribution in [0.1, 0.15) is 98.8 Å². The average molecular weight is 355 g/mol. The Morgan fingerprint density at radius 2 is 1.40 bits per heavy atom. The third kappa shape index (κ3) is 6.80. The van der Waals surface area contributed by atoms with Crippen molar-refractivity contribution in [2.75, 3.05) is 13.6 Å². The molecule has 0 spiro atoms. The molecule has 1 rings (SSSR count). The normalized spacial score (nSPS) is 20.6. The van der Waals surface area contributed by atoms with Gasteiger partial charge >= 0.3 is 6.09 Å². The van der Waals surface area contributed by atoms with Gasteiger partial charge in [0.1, 0.15) is 0 Å². The number of amides is 1. The van der Waals surface area contributed by atoms with Gasteiger partial charge in [0.05, 0.1) is 0 Å². The first kappa shape index (κ1) is 22.3. The molecular weight excluding hydrogens is 312 g/mol. The molecule has 1 N–H and O–H groups in total. The van der Waals surface area contributed by atoms with Crippen molar-refractivity contribution < 1.29 is 9.90 Å². The van der Waals surface area contributed by atoms with E-state index in [2.05, 4.69) is 46.6 Å². The number of nitrogens with zero attached hydrogens (tertiary/aromatic N) is 2. The van der Waals surface area contributed by atoms with Gasteiger partial charge < -0.3 is 10.0 Å². The van der Waals surface area contributed by atoms with Gasteiger partial charge in [-0.3, -0.25) is 4.90 Å². The SMILES string of the molecule is CCCCCCCCCCN(C(=O)O)C1CC(C)(C)N(C)C(C)(C)C1. The summed E-state index contributed by atoms with van der Waals surface area (Å²) in [5.74, 6) is 0. The quantitative estimate of drug-likeness (QED) is 0.507. The lowest BCUT2D eigenvalue weighted by Gasteiger charge is -2.55. The number of rotatable bonds is 10. The highest BCUT2D eigenvalue weighted by atomic mass is 16.4. The summed E-state index contributed by atoms with van der Waals surface area (Å²) < 4.78 is 0. The highest BCUT2D eigenvalue weighted by Crippen LogP contribution is 2.39. The predicted molar refractivity (Wildman–Crippen MR) is 106 cm³/mol. The topological polar surface area (TPSA) is 43.8 Å². The van der Waals surface area contributed by atoms with Crippen LogP contribution in [0.5, 0.6) is 0 Å². The van der Waals surface area contributed by atoms with E-state index in [1.807, 2.05) is 0 Å². The van der Waals surface area contributed by atoms with E-state index in [1.54, 1.807) is 4.90 Å². The number of likely N-dealkylation sites (tertiary alicyclic amines) is 1. The van der Waals surface area contributed by atoms with E-state index < -0.39 is 6.09 Å². The molecule has 0 aromatic rings. The van der Waals surface area contributed by atoms with Crippen LogP contribution in [0.15, 0.2) is 0 Å². The van der Waals surface area contributed by atoms with Gasteiger partial charge in [-0.05, 0) is 54.0 Å². The molecule has 0 radical (unpaired) electrons. The van der Waals surface area contributed by atoms with Gasteiger partial charge in [-0.25, -0.2) is 4.79 Å². The number of hydrogen-bond acceptors (Lipinski definition) is 2. The van der Waals surface area contributed by atoms with Gasteiger partial charge in [-0.2, -0.15) is 0 Å². The molecule has 0 atom stereocenters. The first-order chi connectivity index (χ1) is 11.6. The number of piperidine rings is 1. The summed E-state index contributed by atoms with van der Waals surface area (Å²) in [6.45, 7) is 11.9. The predicted octanol–water partition coefficient (Wildman–Crippen LogP) is 5.76. The molecule has 25 heavy (non-hydrogen) atoms. The Labute approximate surface area is 156 Å². The second kappa shape index (κ2) is 9.80. The maximum atomic E-state index is 11.9. The molecule has 0 aliphatic carbocycles. The maximum Gasteiger partial charge on any atom is 0.407 e. The Kier molecular flexibility index (Phi) is 8.73. The largest absolute Gasteiger partial charge is 0.465 e. The van der Waals surface area contributed by atoms with Gasteiger partial charge in [0.15, 0.2) is 0 Å². The summed E-state index contributed by atoms with van der Waals surface area (Å²) in [6, 6.07) is 0.128. The minimum absolute atomic E-state index is 0.0272. The third-order valence-corrected chi connectivity index (χ3v) is 6.23. The van der Waals surface area contributed by atoms with Gasteiger partial charge in [-0.15, -0.1) is 0 Å². The molecule has 1 saturated heterocycles. The fraction of sp³-hybridized carbons (Fsp3) is 0.952. The molecule has 1 heterocycles. The molecule has 1 fully saturated rings. The standard InChI is InChI=1S/C21H42N2O2/c1-7-8-9-10-11-12-13-14-15-23(19(24)25)18-16-20(2,3)22(6)21(4,5)17-18/h18H,7-17H2,1-6H3,(H,24,25). The minimum atomic E-state index is -0.746. The van der Waals surface area contributed by atoms with Crippen LogP contribution < -0.4 is 0 Å². The van der Waals surface area contributed by atoms with Crippen molar-refractivity contribution in [3.63, 3.8) is 0 Å². The Morgan fingerprint density at radius 1 is 0.960 bits per heavy atom. The molecule has 4 heteroatoms. The summed E-state index contributed by atoms with van der Waals surface area (Å²) in [4.78, 5) is 16.0. The Hall–Kier alpha value is -0.770. The van der Waals surface area contributed by atoms with Crippen molar-refractivity contribution in [3.8, 4) is 0 Å². The summed E-state index contributed by atoms with van der Waals surface area (Å²) in [5, 5.41) is 9.74. The van der Waals surface area contributed by atoms with E-state index in [9.17, 15) is 9.90 Å². The minimum Gasteiger partial charge on any atom is -0.465 e. The molecule has 0 bridgehead atoms.